The number of hydrogen-bond acceptors (Lipinski definition) is 0. The second-order valence-corrected chi connectivity index (χ2v) is 5.39. The SMILES string of the molecule is [2H]c1c([2H])c([2H])c2c([nH]c3ccc(C(C)(C)C)cc32)c1[2H]. The van der Waals surface area contributed by atoms with E-state index in [2.05, 4.69) is 25.8 Å². The van der Waals surface area contributed by atoms with Crippen LogP contribution in [0.5, 0.6) is 0 Å². The molecular weight excluding hydrogens is 206 g/mol. The zero-order valence-corrected chi connectivity index (χ0v) is 10.2. The monoisotopic (exact) mass is 227 g/mol. The molecule has 0 amide bonds. The fraction of sp³-hybridized carbons (Fsp3) is 0.250. The van der Waals surface area contributed by atoms with Crippen molar-refractivity contribution in [3.63, 3.8) is 0 Å². The van der Waals surface area contributed by atoms with Gasteiger partial charge in [0.1, 0.15) is 0 Å². The number of rotatable bonds is 0. The molecule has 1 aromatic heterocycles. The zero-order chi connectivity index (χ0) is 15.5. The summed E-state index contributed by atoms with van der Waals surface area (Å²) in [6.45, 7) is 6.37. The van der Waals surface area contributed by atoms with Crippen LogP contribution in [-0.2, 0) is 5.41 Å². The smallest absolute Gasteiger partial charge is 0.0645 e. The van der Waals surface area contributed by atoms with Crippen LogP contribution in [0.15, 0.2) is 42.4 Å². The molecule has 0 aliphatic heterocycles. The van der Waals surface area contributed by atoms with Crippen molar-refractivity contribution in [3.8, 4) is 0 Å². The van der Waals surface area contributed by atoms with E-state index in [0.717, 1.165) is 16.5 Å². The summed E-state index contributed by atoms with van der Waals surface area (Å²) in [5.41, 5.74) is 2.44. The first-order chi connectivity index (χ1) is 9.71. The molecule has 1 N–H and O–H groups in total. The van der Waals surface area contributed by atoms with E-state index in [1.54, 1.807) is 0 Å². The number of aromatic nitrogens is 1. The molecule has 0 atom stereocenters. The highest BCUT2D eigenvalue weighted by molar-refractivity contribution is 6.07. The molecule has 1 nitrogen and oxygen atoms in total. The van der Waals surface area contributed by atoms with Crippen molar-refractivity contribution in [1.29, 1.82) is 0 Å². The fourth-order valence-electron chi connectivity index (χ4n) is 2.07. The van der Waals surface area contributed by atoms with E-state index in [1.807, 2.05) is 18.2 Å². The maximum atomic E-state index is 8.14. The van der Waals surface area contributed by atoms with Gasteiger partial charge in [0.05, 0.1) is 5.48 Å². The molecular formula is C16H17N. The summed E-state index contributed by atoms with van der Waals surface area (Å²) in [6.07, 6.45) is 0. The van der Waals surface area contributed by atoms with Gasteiger partial charge in [0.2, 0.25) is 0 Å². The minimum absolute atomic E-state index is 0.0110. The van der Waals surface area contributed by atoms with E-state index in [-0.39, 0.29) is 29.6 Å². The summed E-state index contributed by atoms with van der Waals surface area (Å²) >= 11 is 0. The topological polar surface area (TPSA) is 15.8 Å². The minimum Gasteiger partial charge on any atom is -0.355 e. The molecule has 86 valence electrons. The number of benzene rings is 2. The van der Waals surface area contributed by atoms with Crippen LogP contribution in [0.25, 0.3) is 21.8 Å². The zero-order valence-electron chi connectivity index (χ0n) is 14.2. The number of nitrogens with one attached hydrogen (secondary N) is 1. The van der Waals surface area contributed by atoms with Crippen molar-refractivity contribution in [3.05, 3.63) is 47.9 Å². The molecule has 1 heteroatoms. The van der Waals surface area contributed by atoms with Gasteiger partial charge < -0.3 is 4.98 Å². The van der Waals surface area contributed by atoms with Gasteiger partial charge in [-0.25, -0.2) is 0 Å². The summed E-state index contributed by atoms with van der Waals surface area (Å²) in [6, 6.07) is 5.62. The first-order valence-corrected chi connectivity index (χ1v) is 5.74. The van der Waals surface area contributed by atoms with E-state index < -0.39 is 0 Å². The second-order valence-electron chi connectivity index (χ2n) is 5.39. The third kappa shape index (κ3) is 1.62. The van der Waals surface area contributed by atoms with Crippen LogP contribution in [0.4, 0.5) is 0 Å². The largest absolute Gasteiger partial charge is 0.355 e. The van der Waals surface area contributed by atoms with Gasteiger partial charge in [-0.1, -0.05) is 45.0 Å². The summed E-state index contributed by atoms with van der Waals surface area (Å²) in [4.78, 5) is 3.12. The highest BCUT2D eigenvalue weighted by atomic mass is 14.7. The Morgan fingerprint density at radius 3 is 2.53 bits per heavy atom. The first-order valence-electron chi connectivity index (χ1n) is 7.74. The van der Waals surface area contributed by atoms with Crippen LogP contribution < -0.4 is 0 Å². The molecule has 0 saturated heterocycles. The molecule has 3 rings (SSSR count). The molecule has 2 aromatic carbocycles. The number of fused-ring (bicyclic) bond motifs is 3. The standard InChI is InChI=1S/C16H17N/c1-16(2,3)11-8-9-15-13(10-11)12-6-4-5-7-14(12)17-15/h4-10,17H,1-3H3/i4D,5D,6D,7D. The highest BCUT2D eigenvalue weighted by Crippen LogP contribution is 2.30. The van der Waals surface area contributed by atoms with Crippen LogP contribution in [0.1, 0.15) is 31.8 Å². The Balaban J connectivity index is 2.50. The normalized spacial score (nSPS) is 15.7. The van der Waals surface area contributed by atoms with Crippen molar-refractivity contribution >= 4 is 21.8 Å². The van der Waals surface area contributed by atoms with Gasteiger partial charge in [-0.15, -0.1) is 0 Å². The van der Waals surface area contributed by atoms with Gasteiger partial charge in [0.15, 0.2) is 0 Å². The van der Waals surface area contributed by atoms with Crippen LogP contribution in [0.2, 0.25) is 0 Å². The summed E-state index contributed by atoms with van der Waals surface area (Å²) < 4.78 is 31.8. The third-order valence-corrected chi connectivity index (χ3v) is 3.10. The van der Waals surface area contributed by atoms with Crippen LogP contribution >= 0.6 is 0 Å². The molecule has 0 aliphatic rings. The van der Waals surface area contributed by atoms with Gasteiger partial charge >= 0.3 is 0 Å². The second kappa shape index (κ2) is 3.36. The van der Waals surface area contributed by atoms with Gasteiger partial charge in [-0.05, 0) is 29.2 Å². The Bertz CT molecular complexity index is 872. The summed E-state index contributed by atoms with van der Waals surface area (Å²) in [5, 5.41) is 1.42. The quantitative estimate of drug-likeness (QED) is 0.577. The predicted octanol–water partition coefficient (Wildman–Crippen LogP) is 4.62. The van der Waals surface area contributed by atoms with Crippen LogP contribution in [0, 0.1) is 0 Å². The maximum absolute atomic E-state index is 8.14. The molecule has 0 bridgehead atoms. The molecule has 0 saturated carbocycles. The van der Waals surface area contributed by atoms with E-state index in [1.165, 1.54) is 0 Å². The van der Waals surface area contributed by atoms with Crippen molar-refractivity contribution in [1.82, 2.24) is 4.98 Å². The highest BCUT2D eigenvalue weighted by Gasteiger charge is 2.14. The van der Waals surface area contributed by atoms with Crippen molar-refractivity contribution in [2.45, 2.75) is 26.2 Å². The molecule has 1 heterocycles. The lowest BCUT2D eigenvalue weighted by Gasteiger charge is -2.18. The Morgan fingerprint density at radius 1 is 1.00 bits per heavy atom. The van der Waals surface area contributed by atoms with E-state index in [9.17, 15) is 0 Å². The molecule has 0 spiro atoms. The van der Waals surface area contributed by atoms with Crippen LogP contribution in [0.3, 0.4) is 0 Å². The van der Waals surface area contributed by atoms with Crippen molar-refractivity contribution in [2.75, 3.05) is 0 Å². The molecule has 0 aliphatic carbocycles. The molecule has 0 fully saturated rings. The fourth-order valence-corrected chi connectivity index (χ4v) is 2.07. The third-order valence-electron chi connectivity index (χ3n) is 3.10. The number of aromatic amines is 1. The maximum Gasteiger partial charge on any atom is 0.0645 e. The van der Waals surface area contributed by atoms with Crippen LogP contribution in [-0.4, -0.2) is 4.98 Å². The molecule has 0 unspecified atom stereocenters. The lowest BCUT2D eigenvalue weighted by molar-refractivity contribution is 0.591. The lowest BCUT2D eigenvalue weighted by atomic mass is 9.86. The Labute approximate surface area is 107 Å². The van der Waals surface area contributed by atoms with Crippen molar-refractivity contribution < 1.29 is 5.48 Å². The first kappa shape index (κ1) is 6.85. The van der Waals surface area contributed by atoms with Gasteiger partial charge in [-0.3, -0.25) is 0 Å². The Kier molecular flexibility index (Phi) is 1.36. The van der Waals surface area contributed by atoms with Gasteiger partial charge in [0.25, 0.3) is 0 Å². The lowest BCUT2D eigenvalue weighted by Crippen LogP contribution is -2.10. The average Bonchev–Trinajstić information content (AvgIpc) is 2.80. The Hall–Kier alpha value is -1.76. The van der Waals surface area contributed by atoms with Gasteiger partial charge in [0, 0.05) is 21.8 Å². The average molecular weight is 227 g/mol. The number of hydrogen-bond donors (Lipinski definition) is 1. The van der Waals surface area contributed by atoms with Crippen molar-refractivity contribution in [2.24, 2.45) is 0 Å². The number of H-pyrrole nitrogens is 1. The van der Waals surface area contributed by atoms with E-state index in [4.69, 9.17) is 5.48 Å². The summed E-state index contributed by atoms with van der Waals surface area (Å²) in [7, 11) is 0. The van der Waals surface area contributed by atoms with E-state index >= 15 is 0 Å². The predicted molar refractivity (Wildman–Crippen MR) is 74.5 cm³/mol. The number of para-hydroxylation sites is 1. The van der Waals surface area contributed by atoms with Gasteiger partial charge in [-0.2, -0.15) is 0 Å². The summed E-state index contributed by atoms with van der Waals surface area (Å²) in [5.74, 6) is 0. The molecule has 0 radical (unpaired) electrons. The molecule has 17 heavy (non-hydrogen) atoms. The Morgan fingerprint density at radius 2 is 1.76 bits per heavy atom. The van der Waals surface area contributed by atoms with E-state index in [0.29, 0.717) is 10.9 Å². The molecule has 3 aromatic rings. The minimum atomic E-state index is -0.199.